The predicted octanol–water partition coefficient (Wildman–Crippen LogP) is 3.69. The van der Waals surface area contributed by atoms with Crippen molar-refractivity contribution in [3.8, 4) is 0 Å². The van der Waals surface area contributed by atoms with E-state index in [0.29, 0.717) is 0 Å². The Hall–Kier alpha value is -0.260. The van der Waals surface area contributed by atoms with Crippen molar-refractivity contribution in [3.63, 3.8) is 0 Å². The van der Waals surface area contributed by atoms with Gasteiger partial charge in [0, 0.05) is 12.7 Å². The van der Waals surface area contributed by atoms with E-state index in [2.05, 4.69) is 23.7 Å². The first kappa shape index (κ1) is 9.83. The monoisotopic (exact) mass is 201 g/mol. The number of halogens is 1. The van der Waals surface area contributed by atoms with Crippen LogP contribution >= 0.6 is 18.7 Å². The molecule has 0 aliphatic heterocycles. The highest BCUT2D eigenvalue weighted by Gasteiger charge is 2.08. The van der Waals surface area contributed by atoms with Crippen molar-refractivity contribution in [3.05, 3.63) is 30.3 Å². The second kappa shape index (κ2) is 4.69. The summed E-state index contributed by atoms with van der Waals surface area (Å²) in [4.78, 5) is 0. The van der Waals surface area contributed by atoms with Crippen LogP contribution in [-0.2, 0) is 0 Å². The number of benzene rings is 1. The standard InChI is InChI=1S/C9H13ClNP/c1-3-12(10)11(2)9-7-5-4-6-8-9/h4-8H,3H2,1-2H3. The van der Waals surface area contributed by atoms with E-state index >= 15 is 0 Å². The normalized spacial score (nSPS) is 12.6. The fourth-order valence-electron chi connectivity index (χ4n) is 0.981. The molecule has 1 atom stereocenters. The molecule has 66 valence electrons. The van der Waals surface area contributed by atoms with Gasteiger partial charge in [-0.15, -0.1) is 0 Å². The minimum Gasteiger partial charge on any atom is -0.341 e. The van der Waals surface area contributed by atoms with Gasteiger partial charge in [0.1, 0.15) is 0 Å². The molecule has 12 heavy (non-hydrogen) atoms. The van der Waals surface area contributed by atoms with Gasteiger partial charge in [0.15, 0.2) is 0 Å². The number of anilines is 1. The van der Waals surface area contributed by atoms with E-state index in [1.165, 1.54) is 5.69 Å². The Kier molecular flexibility index (Phi) is 3.84. The summed E-state index contributed by atoms with van der Waals surface area (Å²) in [6.07, 6.45) is 1.02. The predicted molar refractivity (Wildman–Crippen MR) is 58.2 cm³/mol. The van der Waals surface area contributed by atoms with E-state index in [1.807, 2.05) is 25.2 Å². The molecular formula is C9H13ClNP. The molecule has 0 N–H and O–H groups in total. The Labute approximate surface area is 79.9 Å². The van der Waals surface area contributed by atoms with E-state index in [0.717, 1.165) is 6.16 Å². The van der Waals surface area contributed by atoms with E-state index in [4.69, 9.17) is 11.2 Å². The fraction of sp³-hybridized carbons (Fsp3) is 0.333. The first-order chi connectivity index (χ1) is 5.75. The summed E-state index contributed by atoms with van der Waals surface area (Å²) in [7, 11) is 1.53. The molecule has 0 aliphatic carbocycles. The third kappa shape index (κ3) is 2.36. The molecule has 1 unspecified atom stereocenters. The maximum Gasteiger partial charge on any atom is 0.0885 e. The van der Waals surface area contributed by atoms with Gasteiger partial charge < -0.3 is 4.67 Å². The van der Waals surface area contributed by atoms with Crippen LogP contribution in [0.2, 0.25) is 0 Å². The minimum atomic E-state index is -0.510. The third-order valence-electron chi connectivity index (χ3n) is 1.72. The van der Waals surface area contributed by atoms with Crippen LogP contribution in [-0.4, -0.2) is 13.2 Å². The van der Waals surface area contributed by atoms with E-state index in [-0.39, 0.29) is 0 Å². The summed E-state index contributed by atoms with van der Waals surface area (Å²) in [5.41, 5.74) is 1.19. The van der Waals surface area contributed by atoms with Crippen LogP contribution in [0, 0.1) is 0 Å². The van der Waals surface area contributed by atoms with Crippen LogP contribution in [0.1, 0.15) is 6.92 Å². The van der Waals surface area contributed by atoms with Gasteiger partial charge in [-0.05, 0) is 18.3 Å². The summed E-state index contributed by atoms with van der Waals surface area (Å²) in [5.74, 6) is 0. The van der Waals surface area contributed by atoms with Crippen molar-refractivity contribution in [2.75, 3.05) is 17.9 Å². The average molecular weight is 202 g/mol. The molecule has 1 aromatic carbocycles. The van der Waals surface area contributed by atoms with Crippen molar-refractivity contribution < 1.29 is 0 Å². The van der Waals surface area contributed by atoms with Gasteiger partial charge in [-0.25, -0.2) is 0 Å². The number of nitrogens with zero attached hydrogens (tertiary/aromatic N) is 1. The number of hydrogen-bond acceptors (Lipinski definition) is 1. The summed E-state index contributed by atoms with van der Waals surface area (Å²) >= 11 is 6.14. The van der Waals surface area contributed by atoms with Gasteiger partial charge in [-0.2, -0.15) is 0 Å². The van der Waals surface area contributed by atoms with Gasteiger partial charge in [0.2, 0.25) is 0 Å². The second-order valence-electron chi connectivity index (χ2n) is 2.51. The number of hydrogen-bond donors (Lipinski definition) is 0. The summed E-state index contributed by atoms with van der Waals surface area (Å²) < 4.78 is 2.14. The lowest BCUT2D eigenvalue weighted by atomic mass is 10.3. The first-order valence-electron chi connectivity index (χ1n) is 3.97. The summed E-state index contributed by atoms with van der Waals surface area (Å²) in [5, 5.41) is 0. The molecule has 0 aliphatic rings. The molecule has 1 rings (SSSR count). The van der Waals surface area contributed by atoms with Crippen molar-refractivity contribution in [2.45, 2.75) is 6.92 Å². The first-order valence-corrected chi connectivity index (χ1v) is 6.36. The van der Waals surface area contributed by atoms with Crippen molar-refractivity contribution in [1.29, 1.82) is 0 Å². The van der Waals surface area contributed by atoms with E-state index < -0.39 is 7.43 Å². The average Bonchev–Trinajstić information content (AvgIpc) is 2.17. The van der Waals surface area contributed by atoms with Crippen LogP contribution in [0.25, 0.3) is 0 Å². The van der Waals surface area contributed by atoms with Gasteiger partial charge in [0.25, 0.3) is 0 Å². The highest BCUT2D eigenvalue weighted by atomic mass is 35.7. The quantitative estimate of drug-likeness (QED) is 0.675. The van der Waals surface area contributed by atoms with E-state index in [1.54, 1.807) is 0 Å². The molecule has 0 saturated carbocycles. The minimum absolute atomic E-state index is 0.510. The topological polar surface area (TPSA) is 3.24 Å². The number of para-hydroxylation sites is 1. The molecule has 0 radical (unpaired) electrons. The van der Waals surface area contributed by atoms with Gasteiger partial charge in [-0.1, -0.05) is 36.4 Å². The Morgan fingerprint density at radius 3 is 2.42 bits per heavy atom. The molecule has 0 heterocycles. The maximum atomic E-state index is 6.14. The zero-order valence-electron chi connectivity index (χ0n) is 7.37. The lowest BCUT2D eigenvalue weighted by molar-refractivity contribution is 1.32. The van der Waals surface area contributed by atoms with E-state index in [9.17, 15) is 0 Å². The van der Waals surface area contributed by atoms with Crippen molar-refractivity contribution in [2.24, 2.45) is 0 Å². The summed E-state index contributed by atoms with van der Waals surface area (Å²) in [6, 6.07) is 10.2. The summed E-state index contributed by atoms with van der Waals surface area (Å²) in [6.45, 7) is 2.11. The molecule has 0 saturated heterocycles. The highest BCUT2D eigenvalue weighted by molar-refractivity contribution is 7.85. The van der Waals surface area contributed by atoms with Crippen LogP contribution in [0.5, 0.6) is 0 Å². The van der Waals surface area contributed by atoms with Gasteiger partial charge in [-0.3, -0.25) is 0 Å². The largest absolute Gasteiger partial charge is 0.341 e. The molecular weight excluding hydrogens is 189 g/mol. The Morgan fingerprint density at radius 1 is 1.33 bits per heavy atom. The third-order valence-corrected chi connectivity index (χ3v) is 4.52. The zero-order chi connectivity index (χ0) is 8.97. The van der Waals surface area contributed by atoms with Crippen molar-refractivity contribution >= 4 is 24.4 Å². The molecule has 0 amide bonds. The lowest BCUT2D eigenvalue weighted by Crippen LogP contribution is -2.07. The SMILES string of the molecule is CCP(Cl)N(C)c1ccccc1. The Morgan fingerprint density at radius 2 is 1.92 bits per heavy atom. The highest BCUT2D eigenvalue weighted by Crippen LogP contribution is 2.46. The van der Waals surface area contributed by atoms with Crippen LogP contribution in [0.4, 0.5) is 5.69 Å². The molecule has 0 aromatic heterocycles. The molecule has 0 fully saturated rings. The molecule has 3 heteroatoms. The lowest BCUT2D eigenvalue weighted by Gasteiger charge is -2.23. The van der Waals surface area contributed by atoms with Crippen LogP contribution < -0.4 is 4.67 Å². The van der Waals surface area contributed by atoms with Crippen LogP contribution in [0.3, 0.4) is 0 Å². The Bertz CT molecular complexity index is 227. The smallest absolute Gasteiger partial charge is 0.0885 e. The molecule has 0 bridgehead atoms. The zero-order valence-corrected chi connectivity index (χ0v) is 9.02. The van der Waals surface area contributed by atoms with Crippen LogP contribution in [0.15, 0.2) is 30.3 Å². The maximum absolute atomic E-state index is 6.14. The van der Waals surface area contributed by atoms with Crippen molar-refractivity contribution in [1.82, 2.24) is 0 Å². The Balaban J connectivity index is 2.71. The second-order valence-corrected chi connectivity index (χ2v) is 5.59. The molecule has 0 spiro atoms. The number of rotatable bonds is 3. The van der Waals surface area contributed by atoms with Gasteiger partial charge >= 0.3 is 0 Å². The molecule has 1 aromatic rings. The fourth-order valence-corrected chi connectivity index (χ4v) is 2.05. The molecule has 1 nitrogen and oxygen atoms in total. The van der Waals surface area contributed by atoms with Gasteiger partial charge in [0.05, 0.1) is 7.43 Å².